The number of phenolic OH excluding ortho intramolecular Hbond substituents is 1. The Hall–Kier alpha value is -1.26. The highest BCUT2D eigenvalue weighted by atomic mass is 35.5. The van der Waals surface area contributed by atoms with E-state index in [1.54, 1.807) is 0 Å². The molecule has 0 bridgehead atoms. The summed E-state index contributed by atoms with van der Waals surface area (Å²) >= 11 is 5.92. The van der Waals surface area contributed by atoms with Crippen molar-refractivity contribution in [1.82, 2.24) is 5.32 Å². The fourth-order valence-corrected chi connectivity index (χ4v) is 2.03. The Labute approximate surface area is 118 Å². The fourth-order valence-electron chi connectivity index (χ4n) is 1.83. The van der Waals surface area contributed by atoms with Gasteiger partial charge in [0.25, 0.3) is 5.91 Å². The summed E-state index contributed by atoms with van der Waals surface area (Å²) in [6, 6.07) is 4.23. The topological polar surface area (TPSA) is 69.6 Å². The monoisotopic (exact) mass is 285 g/mol. The van der Waals surface area contributed by atoms with E-state index in [4.69, 9.17) is 11.6 Å². The maximum absolute atomic E-state index is 12.0. The molecule has 0 spiro atoms. The summed E-state index contributed by atoms with van der Waals surface area (Å²) in [4.78, 5) is 12.0. The number of amides is 1. The van der Waals surface area contributed by atoms with Crippen LogP contribution >= 0.6 is 11.6 Å². The highest BCUT2D eigenvalue weighted by Crippen LogP contribution is 2.25. The summed E-state index contributed by atoms with van der Waals surface area (Å²) in [5.41, 5.74) is -0.0698. The molecule has 1 aromatic carbocycles. The maximum Gasteiger partial charge on any atom is 0.252 e. The van der Waals surface area contributed by atoms with E-state index < -0.39 is 0 Å². The van der Waals surface area contributed by atoms with Crippen molar-refractivity contribution in [3.8, 4) is 5.75 Å². The van der Waals surface area contributed by atoms with Crippen LogP contribution in [0.5, 0.6) is 5.75 Å². The highest BCUT2D eigenvalue weighted by Gasteiger charge is 2.26. The molecule has 0 aromatic heterocycles. The number of rotatable bonds is 6. The van der Waals surface area contributed by atoms with E-state index in [-0.39, 0.29) is 34.3 Å². The van der Waals surface area contributed by atoms with Crippen LogP contribution in [-0.4, -0.2) is 29.3 Å². The van der Waals surface area contributed by atoms with Gasteiger partial charge in [-0.25, -0.2) is 0 Å². The van der Waals surface area contributed by atoms with Crippen LogP contribution in [0.2, 0.25) is 5.02 Å². The smallest absolute Gasteiger partial charge is 0.252 e. The van der Waals surface area contributed by atoms with Gasteiger partial charge in [0.1, 0.15) is 5.75 Å². The molecule has 4 nitrogen and oxygen atoms in total. The van der Waals surface area contributed by atoms with Gasteiger partial charge in [0.2, 0.25) is 0 Å². The SMILES string of the molecule is CCC(CC)(CO)CNC(=O)c1cc(O)ccc1Cl. The lowest BCUT2D eigenvalue weighted by molar-refractivity contribution is 0.0851. The van der Waals surface area contributed by atoms with Crippen molar-refractivity contribution in [3.63, 3.8) is 0 Å². The Morgan fingerprint density at radius 3 is 2.53 bits per heavy atom. The number of carbonyl (C=O) groups is 1. The van der Waals surface area contributed by atoms with Gasteiger partial charge in [0.15, 0.2) is 0 Å². The van der Waals surface area contributed by atoms with E-state index in [9.17, 15) is 15.0 Å². The number of aromatic hydroxyl groups is 1. The number of halogens is 1. The van der Waals surface area contributed by atoms with E-state index >= 15 is 0 Å². The van der Waals surface area contributed by atoms with Crippen molar-refractivity contribution in [1.29, 1.82) is 0 Å². The lowest BCUT2D eigenvalue weighted by Crippen LogP contribution is -2.39. The van der Waals surface area contributed by atoms with Gasteiger partial charge in [-0.2, -0.15) is 0 Å². The van der Waals surface area contributed by atoms with E-state index in [2.05, 4.69) is 5.32 Å². The minimum Gasteiger partial charge on any atom is -0.508 e. The zero-order valence-electron chi connectivity index (χ0n) is 11.2. The van der Waals surface area contributed by atoms with E-state index in [0.29, 0.717) is 6.54 Å². The second-order valence-electron chi connectivity index (χ2n) is 4.71. The predicted molar refractivity (Wildman–Crippen MR) is 75.6 cm³/mol. The first-order valence-electron chi connectivity index (χ1n) is 6.35. The Kier molecular flexibility index (Phi) is 5.63. The van der Waals surface area contributed by atoms with Gasteiger partial charge in [-0.05, 0) is 31.0 Å². The highest BCUT2D eigenvalue weighted by molar-refractivity contribution is 6.33. The molecule has 0 radical (unpaired) electrons. The van der Waals surface area contributed by atoms with Crippen molar-refractivity contribution in [2.24, 2.45) is 5.41 Å². The van der Waals surface area contributed by atoms with Crippen LogP contribution < -0.4 is 5.32 Å². The fraction of sp³-hybridized carbons (Fsp3) is 0.500. The number of carbonyl (C=O) groups excluding carboxylic acids is 1. The van der Waals surface area contributed by atoms with Crippen molar-refractivity contribution >= 4 is 17.5 Å². The van der Waals surface area contributed by atoms with Crippen LogP contribution in [0.1, 0.15) is 37.0 Å². The van der Waals surface area contributed by atoms with Crippen LogP contribution in [0.4, 0.5) is 0 Å². The number of aliphatic hydroxyl groups is 1. The van der Waals surface area contributed by atoms with Crippen molar-refractivity contribution in [2.45, 2.75) is 26.7 Å². The number of phenols is 1. The van der Waals surface area contributed by atoms with Crippen molar-refractivity contribution in [2.75, 3.05) is 13.2 Å². The molecule has 5 heteroatoms. The minimum absolute atomic E-state index is 0.00560. The number of nitrogens with one attached hydrogen (secondary N) is 1. The van der Waals surface area contributed by atoms with Gasteiger partial charge in [-0.3, -0.25) is 4.79 Å². The third kappa shape index (κ3) is 3.85. The number of aliphatic hydroxyl groups excluding tert-OH is 1. The van der Waals surface area contributed by atoms with E-state index in [1.165, 1.54) is 18.2 Å². The average molecular weight is 286 g/mol. The lowest BCUT2D eigenvalue weighted by Gasteiger charge is -2.29. The summed E-state index contributed by atoms with van der Waals surface area (Å²) < 4.78 is 0. The Morgan fingerprint density at radius 2 is 2.00 bits per heavy atom. The second kappa shape index (κ2) is 6.78. The normalized spacial score (nSPS) is 11.4. The quantitative estimate of drug-likeness (QED) is 0.752. The molecular weight excluding hydrogens is 266 g/mol. The molecule has 19 heavy (non-hydrogen) atoms. The Balaban J connectivity index is 2.77. The van der Waals surface area contributed by atoms with Gasteiger partial charge in [-0.1, -0.05) is 25.4 Å². The summed E-state index contributed by atoms with van der Waals surface area (Å²) in [5, 5.41) is 21.9. The van der Waals surface area contributed by atoms with Crippen molar-refractivity contribution in [3.05, 3.63) is 28.8 Å². The molecule has 1 amide bonds. The van der Waals surface area contributed by atoms with Crippen LogP contribution in [0.3, 0.4) is 0 Å². The molecule has 0 heterocycles. The molecule has 0 atom stereocenters. The second-order valence-corrected chi connectivity index (χ2v) is 5.12. The summed E-state index contributed by atoms with van der Waals surface area (Å²) in [6.07, 6.45) is 1.54. The molecule has 1 aromatic rings. The first-order chi connectivity index (χ1) is 8.98. The third-order valence-corrected chi connectivity index (χ3v) is 3.98. The molecule has 3 N–H and O–H groups in total. The lowest BCUT2D eigenvalue weighted by atomic mass is 9.83. The average Bonchev–Trinajstić information content (AvgIpc) is 2.43. The number of hydrogen-bond donors (Lipinski definition) is 3. The zero-order valence-corrected chi connectivity index (χ0v) is 12.0. The maximum atomic E-state index is 12.0. The molecule has 0 unspecified atom stereocenters. The minimum atomic E-state index is -0.347. The number of hydrogen-bond acceptors (Lipinski definition) is 3. The molecule has 0 aliphatic carbocycles. The summed E-state index contributed by atoms with van der Waals surface area (Å²) in [5.74, 6) is -0.352. The van der Waals surface area contributed by atoms with E-state index in [0.717, 1.165) is 12.8 Å². The van der Waals surface area contributed by atoms with Crippen molar-refractivity contribution < 1.29 is 15.0 Å². The molecule has 0 saturated heterocycles. The standard InChI is InChI=1S/C14H20ClNO3/c1-3-14(4-2,9-17)8-16-13(19)11-7-10(18)5-6-12(11)15/h5-7,17-18H,3-4,8-9H2,1-2H3,(H,16,19). The summed E-state index contributed by atoms with van der Waals surface area (Å²) in [7, 11) is 0. The van der Waals surface area contributed by atoms with Crippen LogP contribution in [-0.2, 0) is 0 Å². The third-order valence-electron chi connectivity index (χ3n) is 3.65. The van der Waals surface area contributed by atoms with Gasteiger partial charge in [0, 0.05) is 12.0 Å². The van der Waals surface area contributed by atoms with Gasteiger partial charge in [0.05, 0.1) is 17.2 Å². The molecule has 106 valence electrons. The predicted octanol–water partition coefficient (Wildman–Crippen LogP) is 2.57. The molecule has 1 rings (SSSR count). The summed E-state index contributed by atoms with van der Waals surface area (Å²) in [6.45, 7) is 4.36. The van der Waals surface area contributed by atoms with Crippen LogP contribution in [0, 0.1) is 5.41 Å². The van der Waals surface area contributed by atoms with E-state index in [1.807, 2.05) is 13.8 Å². The van der Waals surface area contributed by atoms with Gasteiger partial charge in [-0.15, -0.1) is 0 Å². The molecular formula is C14H20ClNO3. The Morgan fingerprint density at radius 1 is 1.37 bits per heavy atom. The van der Waals surface area contributed by atoms with Gasteiger partial charge >= 0.3 is 0 Å². The molecule has 0 aliphatic rings. The molecule has 0 fully saturated rings. The Bertz CT molecular complexity index is 436. The van der Waals surface area contributed by atoms with Gasteiger partial charge < -0.3 is 15.5 Å². The first-order valence-corrected chi connectivity index (χ1v) is 6.73. The van der Waals surface area contributed by atoms with Crippen LogP contribution in [0.25, 0.3) is 0 Å². The molecule has 0 saturated carbocycles. The van der Waals surface area contributed by atoms with Crippen LogP contribution in [0.15, 0.2) is 18.2 Å². The first kappa shape index (κ1) is 15.8. The zero-order chi connectivity index (χ0) is 14.5. The largest absolute Gasteiger partial charge is 0.508 e. The number of benzene rings is 1. The molecule has 0 aliphatic heterocycles.